The van der Waals surface area contributed by atoms with Crippen molar-refractivity contribution in [1.29, 1.82) is 0 Å². The molecule has 0 radical (unpaired) electrons. The van der Waals surface area contributed by atoms with E-state index in [0.717, 1.165) is 0 Å². The van der Waals surface area contributed by atoms with Crippen LogP contribution in [0.2, 0.25) is 0 Å². The Morgan fingerprint density at radius 2 is 2.44 bits per heavy atom. The lowest BCUT2D eigenvalue weighted by Crippen LogP contribution is -2.29. The first-order valence-electron chi connectivity index (χ1n) is 2.52. The summed E-state index contributed by atoms with van der Waals surface area (Å²) in [6.45, 7) is 0.113. The lowest BCUT2D eigenvalue weighted by atomic mass is 10.4. The minimum absolute atomic E-state index is 0.0648. The Balaban J connectivity index is 3.46. The second-order valence-electron chi connectivity index (χ2n) is 1.56. The summed E-state index contributed by atoms with van der Waals surface area (Å²) in [5.41, 5.74) is 5.34. The van der Waals surface area contributed by atoms with Crippen LogP contribution in [-0.2, 0) is 9.53 Å². The van der Waals surface area contributed by atoms with E-state index in [-0.39, 0.29) is 12.4 Å². The Bertz CT molecular complexity index is 97.0. The molecule has 0 aromatic carbocycles. The number of carbonyl (C=O) groups is 1. The van der Waals surface area contributed by atoms with Crippen LogP contribution in [0.1, 0.15) is 0 Å². The van der Waals surface area contributed by atoms with Gasteiger partial charge in [0, 0.05) is 7.11 Å². The minimum Gasteiger partial charge on any atom is -0.377 e. The molecule has 0 aliphatic carbocycles. The Labute approximate surface area is 58.9 Å². The van der Waals surface area contributed by atoms with Gasteiger partial charge in [-0.05, 0) is 6.26 Å². The molecule has 9 heavy (non-hydrogen) atoms. The van der Waals surface area contributed by atoms with Gasteiger partial charge in [0.2, 0.25) is 0 Å². The Morgan fingerprint density at radius 3 is 2.78 bits per heavy atom. The average molecular weight is 149 g/mol. The van der Waals surface area contributed by atoms with E-state index >= 15 is 0 Å². The lowest BCUT2D eigenvalue weighted by molar-refractivity contribution is -0.122. The molecule has 1 unspecified atom stereocenters. The molecule has 0 amide bonds. The Kier molecular flexibility index (Phi) is 4.75. The van der Waals surface area contributed by atoms with Crippen LogP contribution in [0.25, 0.3) is 0 Å². The van der Waals surface area contributed by atoms with Crippen molar-refractivity contribution >= 4 is 17.5 Å². The molecule has 2 N–H and O–H groups in total. The molecule has 0 aliphatic heterocycles. The van der Waals surface area contributed by atoms with Crippen LogP contribution in [0.3, 0.4) is 0 Å². The average Bonchev–Trinajstić information content (AvgIpc) is 1.87. The summed E-state index contributed by atoms with van der Waals surface area (Å²) in [5.74, 6) is -0.0648. The highest BCUT2D eigenvalue weighted by Gasteiger charge is 2.09. The lowest BCUT2D eigenvalue weighted by Gasteiger charge is -2.04. The molecule has 0 saturated heterocycles. The topological polar surface area (TPSA) is 52.3 Å². The van der Waals surface area contributed by atoms with Crippen LogP contribution in [0.5, 0.6) is 0 Å². The van der Waals surface area contributed by atoms with Crippen molar-refractivity contribution in [1.82, 2.24) is 0 Å². The van der Waals surface area contributed by atoms with Gasteiger partial charge in [0.05, 0.1) is 0 Å². The molecule has 0 aliphatic rings. The van der Waals surface area contributed by atoms with E-state index in [1.165, 1.54) is 18.9 Å². The second kappa shape index (κ2) is 4.78. The molecule has 54 valence electrons. The van der Waals surface area contributed by atoms with Crippen molar-refractivity contribution in [2.75, 3.05) is 20.0 Å². The highest BCUT2D eigenvalue weighted by Crippen LogP contribution is 1.99. The van der Waals surface area contributed by atoms with Gasteiger partial charge in [0.1, 0.15) is 12.0 Å². The summed E-state index contributed by atoms with van der Waals surface area (Å²) >= 11 is 1.32. The molecule has 0 rings (SSSR count). The zero-order chi connectivity index (χ0) is 7.28. The maximum absolute atomic E-state index is 10.7. The van der Waals surface area contributed by atoms with Crippen molar-refractivity contribution in [3.8, 4) is 0 Å². The molecule has 0 heterocycles. The van der Waals surface area contributed by atoms with Gasteiger partial charge in [-0.25, -0.2) is 0 Å². The summed E-state index contributed by atoms with van der Waals surface area (Å²) in [7, 11) is 1.48. The maximum Gasteiger partial charge on any atom is 0.185 e. The fourth-order valence-electron chi connectivity index (χ4n) is 0.356. The van der Waals surface area contributed by atoms with E-state index in [9.17, 15) is 4.79 Å². The molecular formula is C5H11NO2S. The third-order valence-electron chi connectivity index (χ3n) is 0.858. The molecule has 4 heteroatoms. The summed E-state index contributed by atoms with van der Waals surface area (Å²) in [6, 6.07) is 0. The van der Waals surface area contributed by atoms with Crippen LogP contribution in [0, 0.1) is 0 Å². The van der Waals surface area contributed by atoms with Crippen molar-refractivity contribution in [2.24, 2.45) is 5.73 Å². The van der Waals surface area contributed by atoms with E-state index in [0.29, 0.717) is 0 Å². The van der Waals surface area contributed by atoms with E-state index in [1.54, 1.807) is 6.26 Å². The monoisotopic (exact) mass is 149 g/mol. The van der Waals surface area contributed by atoms with Crippen LogP contribution >= 0.6 is 11.8 Å². The standard InChI is InChI=1S/C5H11NO2S/c1-8-3-4(7)5(6)9-2/h5H,3,6H2,1-2H3. The minimum atomic E-state index is -0.426. The third-order valence-corrected chi connectivity index (χ3v) is 1.63. The summed E-state index contributed by atoms with van der Waals surface area (Å²) < 4.78 is 4.58. The van der Waals surface area contributed by atoms with Crippen LogP contribution in [-0.4, -0.2) is 31.1 Å². The zero-order valence-corrected chi connectivity index (χ0v) is 6.40. The number of Topliss-reactive ketones (excluding diaryl/α,β-unsaturated/α-hetero) is 1. The SMILES string of the molecule is COCC(=O)C(N)SC. The van der Waals surface area contributed by atoms with Gasteiger partial charge in [0.15, 0.2) is 5.78 Å². The van der Waals surface area contributed by atoms with E-state index in [2.05, 4.69) is 4.74 Å². The van der Waals surface area contributed by atoms with Crippen molar-refractivity contribution in [2.45, 2.75) is 5.37 Å². The predicted molar refractivity (Wildman–Crippen MR) is 38.4 cm³/mol. The molecule has 0 saturated carbocycles. The molecule has 0 spiro atoms. The molecule has 0 fully saturated rings. The quantitative estimate of drug-likeness (QED) is 0.565. The van der Waals surface area contributed by atoms with Gasteiger partial charge >= 0.3 is 0 Å². The van der Waals surface area contributed by atoms with Gasteiger partial charge in [-0.3, -0.25) is 4.79 Å². The largest absolute Gasteiger partial charge is 0.377 e. The van der Waals surface area contributed by atoms with Crippen LogP contribution in [0.15, 0.2) is 0 Å². The number of hydrogen-bond donors (Lipinski definition) is 1. The molecular weight excluding hydrogens is 138 g/mol. The van der Waals surface area contributed by atoms with Gasteiger partial charge in [-0.2, -0.15) is 0 Å². The first kappa shape index (κ1) is 8.94. The molecule has 1 atom stereocenters. The van der Waals surface area contributed by atoms with Gasteiger partial charge < -0.3 is 10.5 Å². The first-order valence-corrected chi connectivity index (χ1v) is 3.81. The summed E-state index contributed by atoms with van der Waals surface area (Å²) in [6.07, 6.45) is 1.79. The number of ketones is 1. The number of thioether (sulfide) groups is 1. The van der Waals surface area contributed by atoms with Crippen LogP contribution < -0.4 is 5.73 Å². The highest BCUT2D eigenvalue weighted by molar-refractivity contribution is 7.99. The smallest absolute Gasteiger partial charge is 0.185 e. The Hall–Kier alpha value is -0.0600. The van der Waals surface area contributed by atoms with E-state index < -0.39 is 5.37 Å². The molecule has 0 aromatic rings. The van der Waals surface area contributed by atoms with E-state index in [1.807, 2.05) is 0 Å². The number of ether oxygens (including phenoxy) is 1. The van der Waals surface area contributed by atoms with Crippen molar-refractivity contribution in [3.05, 3.63) is 0 Å². The number of nitrogens with two attached hydrogens (primary N) is 1. The van der Waals surface area contributed by atoms with Crippen molar-refractivity contribution < 1.29 is 9.53 Å². The van der Waals surface area contributed by atoms with Gasteiger partial charge in [-0.1, -0.05) is 0 Å². The van der Waals surface area contributed by atoms with Gasteiger partial charge in [-0.15, -0.1) is 11.8 Å². The number of carbonyl (C=O) groups excluding carboxylic acids is 1. The number of rotatable bonds is 4. The number of hydrogen-bond acceptors (Lipinski definition) is 4. The molecule has 0 bridgehead atoms. The van der Waals surface area contributed by atoms with Crippen molar-refractivity contribution in [3.63, 3.8) is 0 Å². The normalized spacial score (nSPS) is 13.2. The zero-order valence-electron chi connectivity index (χ0n) is 5.59. The molecule has 3 nitrogen and oxygen atoms in total. The first-order chi connectivity index (χ1) is 4.22. The second-order valence-corrected chi connectivity index (χ2v) is 2.53. The third kappa shape index (κ3) is 3.51. The van der Waals surface area contributed by atoms with Crippen LogP contribution in [0.4, 0.5) is 0 Å². The maximum atomic E-state index is 10.7. The predicted octanol–water partition coefficient (Wildman–Crippen LogP) is -0.150. The number of methoxy groups -OCH3 is 1. The fraction of sp³-hybridized carbons (Fsp3) is 0.800. The van der Waals surface area contributed by atoms with Gasteiger partial charge in [0.25, 0.3) is 0 Å². The summed E-state index contributed by atoms with van der Waals surface area (Å²) in [5, 5.41) is -0.426. The Morgan fingerprint density at radius 1 is 1.89 bits per heavy atom. The molecule has 0 aromatic heterocycles. The highest BCUT2D eigenvalue weighted by atomic mass is 32.2. The fourth-order valence-corrected chi connectivity index (χ4v) is 0.687. The van der Waals surface area contributed by atoms with E-state index in [4.69, 9.17) is 5.73 Å². The summed E-state index contributed by atoms with van der Waals surface area (Å²) in [4.78, 5) is 10.7.